The molecular formula is C20H13F5O. The first-order valence-electron chi connectivity index (χ1n) is 7.65. The summed E-state index contributed by atoms with van der Waals surface area (Å²) in [6.45, 7) is 1.89. The van der Waals surface area contributed by atoms with Gasteiger partial charge >= 0.3 is 6.11 Å². The lowest BCUT2D eigenvalue weighted by Crippen LogP contribution is -2.23. The van der Waals surface area contributed by atoms with Gasteiger partial charge in [-0.05, 0) is 42.3 Å². The molecular weight excluding hydrogens is 351 g/mol. The molecule has 0 saturated heterocycles. The molecule has 1 nitrogen and oxygen atoms in total. The molecule has 3 aromatic carbocycles. The Morgan fingerprint density at radius 3 is 1.96 bits per heavy atom. The third-order valence-electron chi connectivity index (χ3n) is 3.80. The Kier molecular flexibility index (Phi) is 4.68. The van der Waals surface area contributed by atoms with E-state index in [1.165, 1.54) is 6.07 Å². The van der Waals surface area contributed by atoms with Gasteiger partial charge in [-0.1, -0.05) is 35.9 Å². The minimum atomic E-state index is -4.06. The standard InChI is InChI=1S/C20H13F5O/c1-12-2-4-13(5-3-12)14-6-8-16(18(22)10-14)20(24,25)26-15-7-9-17(21)19(23)11-15/h2-11H,1H3. The van der Waals surface area contributed by atoms with Crippen LogP contribution >= 0.6 is 0 Å². The molecule has 0 fully saturated rings. The fourth-order valence-electron chi connectivity index (χ4n) is 2.42. The van der Waals surface area contributed by atoms with E-state index in [0.29, 0.717) is 23.3 Å². The minimum Gasteiger partial charge on any atom is -0.429 e. The molecule has 0 amide bonds. The maximum absolute atomic E-state index is 14.3. The normalized spacial score (nSPS) is 11.5. The molecule has 0 N–H and O–H groups in total. The predicted molar refractivity (Wildman–Crippen MR) is 87.5 cm³/mol. The van der Waals surface area contributed by atoms with Crippen LogP contribution in [-0.2, 0) is 6.11 Å². The van der Waals surface area contributed by atoms with Gasteiger partial charge in [-0.2, -0.15) is 8.78 Å². The zero-order valence-corrected chi connectivity index (χ0v) is 13.6. The molecule has 0 heterocycles. The molecule has 0 saturated carbocycles. The summed E-state index contributed by atoms with van der Waals surface area (Å²) in [6, 6.07) is 12.3. The van der Waals surface area contributed by atoms with Crippen molar-refractivity contribution in [3.8, 4) is 16.9 Å². The third-order valence-corrected chi connectivity index (χ3v) is 3.80. The molecule has 0 aliphatic heterocycles. The molecule has 0 radical (unpaired) electrons. The van der Waals surface area contributed by atoms with Crippen LogP contribution in [0.15, 0.2) is 60.7 Å². The van der Waals surface area contributed by atoms with Crippen molar-refractivity contribution in [1.29, 1.82) is 0 Å². The van der Waals surface area contributed by atoms with Crippen LogP contribution in [0.4, 0.5) is 22.0 Å². The van der Waals surface area contributed by atoms with E-state index in [2.05, 4.69) is 4.74 Å². The zero-order valence-electron chi connectivity index (χ0n) is 13.6. The van der Waals surface area contributed by atoms with Crippen molar-refractivity contribution in [3.05, 3.63) is 89.2 Å². The topological polar surface area (TPSA) is 9.23 Å². The van der Waals surface area contributed by atoms with Gasteiger partial charge in [0.25, 0.3) is 0 Å². The molecule has 3 aromatic rings. The smallest absolute Gasteiger partial charge is 0.429 e. The Hall–Kier alpha value is -2.89. The van der Waals surface area contributed by atoms with Crippen LogP contribution in [-0.4, -0.2) is 0 Å². The van der Waals surface area contributed by atoms with Gasteiger partial charge in [0.05, 0.1) is 5.56 Å². The molecule has 0 aliphatic carbocycles. The van der Waals surface area contributed by atoms with E-state index in [1.807, 2.05) is 19.1 Å². The van der Waals surface area contributed by atoms with Gasteiger partial charge in [0.2, 0.25) is 0 Å². The molecule has 0 spiro atoms. The van der Waals surface area contributed by atoms with Crippen molar-refractivity contribution >= 4 is 0 Å². The average molecular weight is 364 g/mol. The largest absolute Gasteiger partial charge is 0.429 e. The van der Waals surface area contributed by atoms with E-state index in [0.717, 1.165) is 23.8 Å². The van der Waals surface area contributed by atoms with E-state index >= 15 is 0 Å². The average Bonchev–Trinajstić information content (AvgIpc) is 2.58. The number of hydrogen-bond donors (Lipinski definition) is 0. The first kappa shape index (κ1) is 17.9. The summed E-state index contributed by atoms with van der Waals surface area (Å²) < 4.78 is 73.1. The molecule has 26 heavy (non-hydrogen) atoms. The maximum atomic E-state index is 14.3. The Morgan fingerprint density at radius 2 is 1.35 bits per heavy atom. The van der Waals surface area contributed by atoms with Crippen molar-refractivity contribution in [2.75, 3.05) is 0 Å². The molecule has 134 valence electrons. The van der Waals surface area contributed by atoms with E-state index < -0.39 is 34.9 Å². The second kappa shape index (κ2) is 6.78. The quantitative estimate of drug-likeness (QED) is 0.500. The SMILES string of the molecule is Cc1ccc(-c2ccc(C(F)(F)Oc3ccc(F)c(F)c3)c(F)c2)cc1. The lowest BCUT2D eigenvalue weighted by molar-refractivity contribution is -0.187. The summed E-state index contributed by atoms with van der Waals surface area (Å²) in [6.07, 6.45) is -4.06. The van der Waals surface area contributed by atoms with Crippen LogP contribution in [0.5, 0.6) is 5.75 Å². The highest BCUT2D eigenvalue weighted by Gasteiger charge is 2.38. The fraction of sp³-hybridized carbons (Fsp3) is 0.100. The van der Waals surface area contributed by atoms with Gasteiger partial charge < -0.3 is 4.74 Å². The van der Waals surface area contributed by atoms with E-state index in [-0.39, 0.29) is 0 Å². The van der Waals surface area contributed by atoms with Gasteiger partial charge in [0.1, 0.15) is 11.6 Å². The molecule has 0 bridgehead atoms. The molecule has 6 heteroatoms. The van der Waals surface area contributed by atoms with Crippen molar-refractivity contribution in [2.24, 2.45) is 0 Å². The van der Waals surface area contributed by atoms with Crippen molar-refractivity contribution < 1.29 is 26.7 Å². The van der Waals surface area contributed by atoms with Crippen LogP contribution in [0.2, 0.25) is 0 Å². The monoisotopic (exact) mass is 364 g/mol. The maximum Gasteiger partial charge on any atom is 0.429 e. The highest BCUT2D eigenvalue weighted by Crippen LogP contribution is 2.35. The predicted octanol–water partition coefficient (Wildman–Crippen LogP) is 6.21. The highest BCUT2D eigenvalue weighted by molar-refractivity contribution is 5.64. The molecule has 0 aromatic heterocycles. The van der Waals surface area contributed by atoms with Crippen molar-refractivity contribution in [1.82, 2.24) is 0 Å². The Morgan fingerprint density at radius 1 is 0.692 bits per heavy atom. The van der Waals surface area contributed by atoms with Crippen LogP contribution in [0, 0.1) is 24.4 Å². The second-order valence-corrected chi connectivity index (χ2v) is 5.76. The number of benzene rings is 3. The van der Waals surface area contributed by atoms with Gasteiger partial charge in [-0.25, -0.2) is 13.2 Å². The summed E-state index contributed by atoms with van der Waals surface area (Å²) >= 11 is 0. The molecule has 0 unspecified atom stereocenters. The summed E-state index contributed by atoms with van der Waals surface area (Å²) in [5.74, 6) is -4.32. The first-order chi connectivity index (χ1) is 12.3. The Labute approximate surface area is 146 Å². The fourth-order valence-corrected chi connectivity index (χ4v) is 2.42. The van der Waals surface area contributed by atoms with Crippen LogP contribution in [0.25, 0.3) is 11.1 Å². The lowest BCUT2D eigenvalue weighted by Gasteiger charge is -2.19. The summed E-state index contributed by atoms with van der Waals surface area (Å²) in [7, 11) is 0. The van der Waals surface area contributed by atoms with E-state index in [4.69, 9.17) is 0 Å². The zero-order chi connectivity index (χ0) is 18.9. The summed E-state index contributed by atoms with van der Waals surface area (Å²) in [4.78, 5) is 0. The number of hydrogen-bond acceptors (Lipinski definition) is 1. The van der Waals surface area contributed by atoms with E-state index in [9.17, 15) is 22.0 Å². The first-order valence-corrected chi connectivity index (χ1v) is 7.65. The highest BCUT2D eigenvalue weighted by atomic mass is 19.3. The van der Waals surface area contributed by atoms with Crippen molar-refractivity contribution in [2.45, 2.75) is 13.0 Å². The second-order valence-electron chi connectivity index (χ2n) is 5.76. The van der Waals surface area contributed by atoms with Crippen LogP contribution in [0.1, 0.15) is 11.1 Å². The van der Waals surface area contributed by atoms with E-state index in [1.54, 1.807) is 12.1 Å². The number of alkyl halides is 2. The van der Waals surface area contributed by atoms with Crippen molar-refractivity contribution in [3.63, 3.8) is 0 Å². The van der Waals surface area contributed by atoms with Crippen LogP contribution in [0.3, 0.4) is 0 Å². The summed E-state index contributed by atoms with van der Waals surface area (Å²) in [5, 5.41) is 0. The van der Waals surface area contributed by atoms with Gasteiger partial charge in [0, 0.05) is 6.07 Å². The van der Waals surface area contributed by atoms with Gasteiger partial charge in [-0.15, -0.1) is 0 Å². The third kappa shape index (κ3) is 3.69. The number of rotatable bonds is 4. The number of aryl methyl sites for hydroxylation is 1. The minimum absolute atomic E-state index is 0.426. The van der Waals surface area contributed by atoms with Crippen LogP contribution < -0.4 is 4.74 Å². The Balaban J connectivity index is 1.89. The van der Waals surface area contributed by atoms with Gasteiger partial charge in [-0.3, -0.25) is 0 Å². The molecule has 3 rings (SSSR count). The van der Waals surface area contributed by atoms with Gasteiger partial charge in [0.15, 0.2) is 11.6 Å². The number of ether oxygens (including phenoxy) is 1. The Bertz CT molecular complexity index is 935. The molecule has 0 atom stereocenters. The molecule has 0 aliphatic rings. The summed E-state index contributed by atoms with van der Waals surface area (Å²) in [5.41, 5.74) is 1.11. The number of halogens is 5. The lowest BCUT2D eigenvalue weighted by atomic mass is 10.0.